The molecule has 0 aromatic carbocycles. The first-order chi connectivity index (χ1) is 11.6. The first kappa shape index (κ1) is 19.5. The Morgan fingerprint density at radius 3 is 2.67 bits per heavy atom. The SMILES string of the molecule is CCNC(=NCC(CC)N1CCCC1)NCC(O)c1ccc(Cl)s1. The van der Waals surface area contributed by atoms with Gasteiger partial charge < -0.3 is 15.7 Å². The van der Waals surface area contributed by atoms with Crippen LogP contribution in [0.4, 0.5) is 0 Å². The maximum absolute atomic E-state index is 10.2. The number of thiophene rings is 1. The molecule has 1 aromatic rings. The zero-order valence-electron chi connectivity index (χ0n) is 14.6. The van der Waals surface area contributed by atoms with E-state index >= 15 is 0 Å². The number of nitrogens with one attached hydrogen (secondary N) is 2. The van der Waals surface area contributed by atoms with Crippen LogP contribution in [-0.4, -0.2) is 54.7 Å². The van der Waals surface area contributed by atoms with Gasteiger partial charge in [0.2, 0.25) is 0 Å². The molecule has 1 aliphatic rings. The predicted octanol–water partition coefficient (Wildman–Crippen LogP) is 2.86. The Hall–Kier alpha value is -0.820. The van der Waals surface area contributed by atoms with Gasteiger partial charge in [0.25, 0.3) is 0 Å². The van der Waals surface area contributed by atoms with Crippen molar-refractivity contribution in [2.24, 2.45) is 4.99 Å². The molecule has 1 aromatic heterocycles. The summed E-state index contributed by atoms with van der Waals surface area (Å²) in [4.78, 5) is 8.12. The number of likely N-dealkylation sites (tertiary alicyclic amines) is 1. The van der Waals surface area contributed by atoms with Crippen molar-refractivity contribution < 1.29 is 5.11 Å². The smallest absolute Gasteiger partial charge is 0.191 e. The molecule has 2 atom stereocenters. The highest BCUT2D eigenvalue weighted by atomic mass is 35.5. The summed E-state index contributed by atoms with van der Waals surface area (Å²) in [6, 6.07) is 4.18. The van der Waals surface area contributed by atoms with E-state index in [-0.39, 0.29) is 0 Å². The lowest BCUT2D eigenvalue weighted by Gasteiger charge is -2.25. The molecule has 5 nitrogen and oxygen atoms in total. The summed E-state index contributed by atoms with van der Waals surface area (Å²) in [7, 11) is 0. The number of aliphatic hydroxyl groups excluding tert-OH is 1. The number of hydrogen-bond donors (Lipinski definition) is 3. The van der Waals surface area contributed by atoms with Crippen LogP contribution < -0.4 is 10.6 Å². The number of aliphatic imine (C=N–C) groups is 1. The van der Waals surface area contributed by atoms with Crippen molar-refractivity contribution in [3.05, 3.63) is 21.3 Å². The first-order valence-corrected chi connectivity index (χ1v) is 10.0. The Bertz CT molecular complexity index is 516. The second-order valence-corrected chi connectivity index (χ2v) is 7.81. The van der Waals surface area contributed by atoms with Crippen molar-refractivity contribution in [3.63, 3.8) is 0 Å². The van der Waals surface area contributed by atoms with Gasteiger partial charge in [0.15, 0.2) is 5.96 Å². The van der Waals surface area contributed by atoms with Gasteiger partial charge in [0.05, 0.1) is 10.9 Å². The standard InChI is InChI=1S/C17H29ClN4OS/c1-3-13(22-9-5-6-10-22)11-20-17(19-4-2)21-12-14(23)15-7-8-16(18)24-15/h7-8,13-14,23H,3-6,9-12H2,1-2H3,(H2,19,20,21). The highest BCUT2D eigenvalue weighted by Gasteiger charge is 2.20. The fourth-order valence-corrected chi connectivity index (χ4v) is 4.00. The van der Waals surface area contributed by atoms with Crippen LogP contribution in [0.1, 0.15) is 44.1 Å². The summed E-state index contributed by atoms with van der Waals surface area (Å²) >= 11 is 7.33. The average molecular weight is 373 g/mol. The fourth-order valence-electron chi connectivity index (χ4n) is 2.95. The molecule has 0 amide bonds. The topological polar surface area (TPSA) is 59.9 Å². The summed E-state index contributed by atoms with van der Waals surface area (Å²) in [5.41, 5.74) is 0. The van der Waals surface area contributed by atoms with Gasteiger partial charge in [-0.15, -0.1) is 11.3 Å². The molecular weight excluding hydrogens is 344 g/mol. The number of halogens is 1. The Kier molecular flexibility index (Phi) is 8.32. The molecule has 0 saturated carbocycles. The van der Waals surface area contributed by atoms with Gasteiger partial charge in [-0.05, 0) is 51.4 Å². The number of rotatable bonds is 8. The van der Waals surface area contributed by atoms with E-state index in [2.05, 4.69) is 22.5 Å². The molecule has 2 unspecified atom stereocenters. The quantitative estimate of drug-likeness (QED) is 0.485. The second-order valence-electron chi connectivity index (χ2n) is 6.06. The van der Waals surface area contributed by atoms with Gasteiger partial charge in [-0.3, -0.25) is 9.89 Å². The minimum atomic E-state index is -0.577. The van der Waals surface area contributed by atoms with Crippen molar-refractivity contribution in [3.8, 4) is 0 Å². The summed E-state index contributed by atoms with van der Waals surface area (Å²) in [5, 5.41) is 16.7. The Morgan fingerprint density at radius 1 is 1.33 bits per heavy atom. The van der Waals surface area contributed by atoms with Crippen LogP contribution in [0.3, 0.4) is 0 Å². The predicted molar refractivity (Wildman–Crippen MR) is 103 cm³/mol. The van der Waals surface area contributed by atoms with E-state index in [1.807, 2.05) is 19.1 Å². The molecule has 1 aliphatic heterocycles. The van der Waals surface area contributed by atoms with Crippen LogP contribution in [0.15, 0.2) is 17.1 Å². The Morgan fingerprint density at radius 2 is 2.08 bits per heavy atom. The van der Waals surface area contributed by atoms with Crippen molar-refractivity contribution in [2.75, 3.05) is 32.7 Å². The first-order valence-electron chi connectivity index (χ1n) is 8.83. The van der Waals surface area contributed by atoms with E-state index < -0.39 is 6.10 Å². The van der Waals surface area contributed by atoms with Crippen LogP contribution >= 0.6 is 22.9 Å². The maximum Gasteiger partial charge on any atom is 0.191 e. The van der Waals surface area contributed by atoms with Gasteiger partial charge in [0, 0.05) is 24.0 Å². The van der Waals surface area contributed by atoms with E-state index in [9.17, 15) is 5.11 Å². The maximum atomic E-state index is 10.2. The molecule has 2 heterocycles. The molecule has 0 bridgehead atoms. The summed E-state index contributed by atoms with van der Waals surface area (Å²) < 4.78 is 0.695. The number of guanidine groups is 1. The highest BCUT2D eigenvalue weighted by molar-refractivity contribution is 7.16. The van der Waals surface area contributed by atoms with Gasteiger partial charge in [0.1, 0.15) is 6.10 Å². The van der Waals surface area contributed by atoms with Crippen LogP contribution in [0.5, 0.6) is 0 Å². The lowest BCUT2D eigenvalue weighted by atomic mass is 10.2. The van der Waals surface area contributed by atoms with Crippen molar-refractivity contribution in [2.45, 2.75) is 45.3 Å². The third-order valence-electron chi connectivity index (χ3n) is 4.32. The summed E-state index contributed by atoms with van der Waals surface area (Å²) in [6.45, 7) is 8.66. The zero-order chi connectivity index (χ0) is 17.4. The molecule has 1 saturated heterocycles. The Balaban J connectivity index is 1.87. The minimum Gasteiger partial charge on any atom is -0.386 e. The van der Waals surface area contributed by atoms with E-state index in [4.69, 9.17) is 16.6 Å². The molecule has 0 spiro atoms. The lowest BCUT2D eigenvalue weighted by molar-refractivity contribution is 0.184. The average Bonchev–Trinajstić information content (AvgIpc) is 3.24. The summed E-state index contributed by atoms with van der Waals surface area (Å²) in [6.07, 6.45) is 3.13. The van der Waals surface area contributed by atoms with Crippen LogP contribution in [0.25, 0.3) is 0 Å². The molecule has 2 rings (SSSR count). The third kappa shape index (κ3) is 5.92. The molecule has 136 valence electrons. The largest absolute Gasteiger partial charge is 0.386 e. The van der Waals surface area contributed by atoms with E-state index in [0.29, 0.717) is 16.9 Å². The minimum absolute atomic E-state index is 0.420. The lowest BCUT2D eigenvalue weighted by Crippen LogP contribution is -2.41. The number of aliphatic hydroxyl groups is 1. The van der Waals surface area contributed by atoms with Crippen molar-refractivity contribution in [1.29, 1.82) is 0 Å². The molecule has 1 fully saturated rings. The van der Waals surface area contributed by atoms with E-state index in [0.717, 1.165) is 30.3 Å². The third-order valence-corrected chi connectivity index (χ3v) is 5.65. The van der Waals surface area contributed by atoms with Gasteiger partial charge in [-0.1, -0.05) is 18.5 Å². The zero-order valence-corrected chi connectivity index (χ0v) is 16.2. The highest BCUT2D eigenvalue weighted by Crippen LogP contribution is 2.26. The molecule has 3 N–H and O–H groups in total. The van der Waals surface area contributed by atoms with Gasteiger partial charge >= 0.3 is 0 Å². The van der Waals surface area contributed by atoms with E-state index in [1.54, 1.807) is 0 Å². The number of nitrogens with zero attached hydrogens (tertiary/aromatic N) is 2. The molecule has 7 heteroatoms. The van der Waals surface area contributed by atoms with Gasteiger partial charge in [-0.25, -0.2) is 0 Å². The van der Waals surface area contributed by atoms with Crippen LogP contribution in [-0.2, 0) is 0 Å². The van der Waals surface area contributed by atoms with Crippen LogP contribution in [0, 0.1) is 0 Å². The summed E-state index contributed by atoms with van der Waals surface area (Å²) in [5.74, 6) is 0.761. The second kappa shape index (κ2) is 10.2. The van der Waals surface area contributed by atoms with Crippen molar-refractivity contribution >= 4 is 28.9 Å². The Labute approximate surface area is 154 Å². The molecule has 0 radical (unpaired) electrons. The normalized spacial score (nSPS) is 18.6. The fraction of sp³-hybridized carbons (Fsp3) is 0.706. The molecular formula is C17H29ClN4OS. The van der Waals surface area contributed by atoms with E-state index in [1.165, 1.54) is 37.3 Å². The van der Waals surface area contributed by atoms with Crippen LogP contribution in [0.2, 0.25) is 4.34 Å². The van der Waals surface area contributed by atoms with Gasteiger partial charge in [-0.2, -0.15) is 0 Å². The monoisotopic (exact) mass is 372 g/mol. The number of hydrogen-bond acceptors (Lipinski definition) is 4. The molecule has 24 heavy (non-hydrogen) atoms. The van der Waals surface area contributed by atoms with Crippen molar-refractivity contribution in [1.82, 2.24) is 15.5 Å². The molecule has 0 aliphatic carbocycles.